The van der Waals surface area contributed by atoms with Gasteiger partial charge in [-0.05, 0) is 58.6 Å². The third-order valence-corrected chi connectivity index (χ3v) is 4.31. The summed E-state index contributed by atoms with van der Waals surface area (Å²) in [5, 5.41) is 0. The molecule has 0 saturated carbocycles. The van der Waals surface area contributed by atoms with Gasteiger partial charge in [0.15, 0.2) is 0 Å². The second-order valence-corrected chi connectivity index (χ2v) is 6.05. The summed E-state index contributed by atoms with van der Waals surface area (Å²) in [7, 11) is 4.40. The summed E-state index contributed by atoms with van der Waals surface area (Å²) in [4.78, 5) is 4.82. The van der Waals surface area contributed by atoms with Gasteiger partial charge in [0.25, 0.3) is 0 Å². The van der Waals surface area contributed by atoms with Crippen LogP contribution in [-0.2, 0) is 0 Å². The molecule has 1 aromatic rings. The molecule has 19 heavy (non-hydrogen) atoms. The fourth-order valence-corrected chi connectivity index (χ4v) is 3.10. The fraction of sp³-hybridized carbons (Fsp3) is 0.625. The van der Waals surface area contributed by atoms with Crippen LogP contribution in [0.2, 0.25) is 0 Å². The Morgan fingerprint density at radius 1 is 1.21 bits per heavy atom. The largest absolute Gasteiger partial charge is 0.323 e. The summed E-state index contributed by atoms with van der Waals surface area (Å²) < 4.78 is 0. The van der Waals surface area contributed by atoms with Crippen molar-refractivity contribution in [2.24, 2.45) is 5.73 Å². The highest BCUT2D eigenvalue weighted by Gasteiger charge is 2.27. The van der Waals surface area contributed by atoms with Crippen LogP contribution in [0.15, 0.2) is 18.2 Å². The summed E-state index contributed by atoms with van der Waals surface area (Å²) in [6.07, 6.45) is 1.23. The Labute approximate surface area is 117 Å². The molecular formula is C16H27N3. The molecule has 2 atom stereocenters. The molecule has 3 nitrogen and oxygen atoms in total. The molecule has 2 N–H and O–H groups in total. The maximum Gasteiger partial charge on any atom is 0.0468 e. The van der Waals surface area contributed by atoms with Crippen molar-refractivity contribution in [1.29, 1.82) is 0 Å². The number of hydrogen-bond donors (Lipinski definition) is 1. The highest BCUT2D eigenvalue weighted by Crippen LogP contribution is 2.24. The number of aryl methyl sites for hydroxylation is 2. The Bertz CT molecular complexity index is 430. The number of nitrogens with zero attached hydrogens (tertiary/aromatic N) is 2. The van der Waals surface area contributed by atoms with Gasteiger partial charge in [0.1, 0.15) is 0 Å². The molecule has 0 bridgehead atoms. The second kappa shape index (κ2) is 6.04. The topological polar surface area (TPSA) is 32.5 Å². The highest BCUT2D eigenvalue weighted by molar-refractivity contribution is 5.33. The van der Waals surface area contributed by atoms with Crippen LogP contribution in [0.3, 0.4) is 0 Å². The van der Waals surface area contributed by atoms with E-state index in [1.807, 2.05) is 0 Å². The zero-order valence-corrected chi connectivity index (χ0v) is 12.7. The van der Waals surface area contributed by atoms with Gasteiger partial charge in [-0.15, -0.1) is 0 Å². The monoisotopic (exact) mass is 261 g/mol. The van der Waals surface area contributed by atoms with E-state index >= 15 is 0 Å². The van der Waals surface area contributed by atoms with Gasteiger partial charge < -0.3 is 15.5 Å². The Morgan fingerprint density at radius 2 is 1.95 bits per heavy atom. The smallest absolute Gasteiger partial charge is 0.0468 e. The van der Waals surface area contributed by atoms with Gasteiger partial charge in [0.05, 0.1) is 0 Å². The normalized spacial score (nSPS) is 24.2. The third kappa shape index (κ3) is 3.35. The van der Waals surface area contributed by atoms with E-state index in [1.54, 1.807) is 0 Å². The molecule has 1 aliphatic rings. The number of nitrogens with two attached hydrogens (primary N) is 1. The number of hydrogen-bond acceptors (Lipinski definition) is 3. The molecule has 1 aliphatic heterocycles. The van der Waals surface area contributed by atoms with Gasteiger partial charge in [-0.1, -0.05) is 23.8 Å². The molecule has 2 rings (SSSR count). The lowest BCUT2D eigenvalue weighted by Crippen LogP contribution is -2.45. The maximum atomic E-state index is 6.57. The van der Waals surface area contributed by atoms with Gasteiger partial charge in [0, 0.05) is 18.6 Å². The third-order valence-electron chi connectivity index (χ3n) is 4.31. The lowest BCUT2D eigenvalue weighted by molar-refractivity contribution is 0.196. The molecular weight excluding hydrogens is 234 g/mol. The molecule has 1 heterocycles. The maximum absolute atomic E-state index is 6.57. The standard InChI is InChI=1S/C16H27N3/c1-12-6-7-14(13(2)10-12)16(17)15-11-18(3)8-5-9-19(15)4/h6-7,10,15-16H,5,8-9,11,17H2,1-4H3. The van der Waals surface area contributed by atoms with Crippen LogP contribution in [0.5, 0.6) is 0 Å². The minimum Gasteiger partial charge on any atom is -0.323 e. The molecule has 0 amide bonds. The van der Waals surface area contributed by atoms with Crippen molar-refractivity contribution in [1.82, 2.24) is 9.80 Å². The van der Waals surface area contributed by atoms with Crippen molar-refractivity contribution in [3.63, 3.8) is 0 Å². The molecule has 1 aromatic carbocycles. The van der Waals surface area contributed by atoms with Crippen molar-refractivity contribution < 1.29 is 0 Å². The van der Waals surface area contributed by atoms with E-state index in [9.17, 15) is 0 Å². The van der Waals surface area contributed by atoms with Gasteiger partial charge in [-0.3, -0.25) is 0 Å². The van der Waals surface area contributed by atoms with Gasteiger partial charge in [0.2, 0.25) is 0 Å². The minimum absolute atomic E-state index is 0.0890. The molecule has 0 spiro atoms. The summed E-state index contributed by atoms with van der Waals surface area (Å²) >= 11 is 0. The SMILES string of the molecule is Cc1ccc(C(N)C2CN(C)CCCN2C)c(C)c1. The summed E-state index contributed by atoms with van der Waals surface area (Å²) in [5.41, 5.74) is 10.5. The number of rotatable bonds is 2. The lowest BCUT2D eigenvalue weighted by atomic mass is 9.94. The Kier molecular flexibility index (Phi) is 4.61. The lowest BCUT2D eigenvalue weighted by Gasteiger charge is -2.33. The molecule has 1 fully saturated rings. The van der Waals surface area contributed by atoms with E-state index in [0.717, 1.165) is 13.1 Å². The molecule has 1 saturated heterocycles. The Hall–Kier alpha value is -0.900. The van der Waals surface area contributed by atoms with Crippen LogP contribution in [0.1, 0.15) is 29.2 Å². The quantitative estimate of drug-likeness (QED) is 0.883. The van der Waals surface area contributed by atoms with Crippen LogP contribution < -0.4 is 5.73 Å². The van der Waals surface area contributed by atoms with E-state index in [4.69, 9.17) is 5.73 Å². The molecule has 3 heteroatoms. The van der Waals surface area contributed by atoms with Crippen LogP contribution in [0.4, 0.5) is 0 Å². The van der Waals surface area contributed by atoms with Crippen molar-refractivity contribution in [3.8, 4) is 0 Å². The van der Waals surface area contributed by atoms with Crippen LogP contribution in [0, 0.1) is 13.8 Å². The number of likely N-dealkylation sites (N-methyl/N-ethyl adjacent to an activating group) is 2. The molecule has 106 valence electrons. The zero-order chi connectivity index (χ0) is 14.0. The van der Waals surface area contributed by atoms with Crippen molar-refractivity contribution >= 4 is 0 Å². The minimum atomic E-state index is 0.0890. The van der Waals surface area contributed by atoms with Crippen molar-refractivity contribution in [3.05, 3.63) is 34.9 Å². The van der Waals surface area contributed by atoms with E-state index in [-0.39, 0.29) is 6.04 Å². The fourth-order valence-electron chi connectivity index (χ4n) is 3.10. The van der Waals surface area contributed by atoms with Crippen LogP contribution in [-0.4, -0.2) is 49.6 Å². The number of benzene rings is 1. The molecule has 0 radical (unpaired) electrons. The molecule has 2 unspecified atom stereocenters. The Balaban J connectivity index is 2.23. The first kappa shape index (κ1) is 14.5. The van der Waals surface area contributed by atoms with E-state index in [0.29, 0.717) is 6.04 Å². The van der Waals surface area contributed by atoms with Crippen molar-refractivity contribution in [2.75, 3.05) is 33.7 Å². The average Bonchev–Trinajstić information content (AvgIpc) is 2.50. The van der Waals surface area contributed by atoms with Crippen LogP contribution >= 0.6 is 0 Å². The molecule has 0 aliphatic carbocycles. The predicted octanol–water partition coefficient (Wildman–Crippen LogP) is 1.94. The highest BCUT2D eigenvalue weighted by atomic mass is 15.2. The summed E-state index contributed by atoms with van der Waals surface area (Å²) in [6.45, 7) is 7.65. The summed E-state index contributed by atoms with van der Waals surface area (Å²) in [5.74, 6) is 0. The first-order valence-electron chi connectivity index (χ1n) is 7.20. The van der Waals surface area contributed by atoms with E-state index in [1.165, 1.54) is 29.7 Å². The summed E-state index contributed by atoms with van der Waals surface area (Å²) in [6, 6.07) is 7.09. The van der Waals surface area contributed by atoms with Gasteiger partial charge >= 0.3 is 0 Å². The van der Waals surface area contributed by atoms with Gasteiger partial charge in [-0.2, -0.15) is 0 Å². The van der Waals surface area contributed by atoms with Crippen molar-refractivity contribution in [2.45, 2.75) is 32.4 Å². The zero-order valence-electron chi connectivity index (χ0n) is 12.7. The molecule has 0 aromatic heterocycles. The Morgan fingerprint density at radius 3 is 2.63 bits per heavy atom. The average molecular weight is 261 g/mol. The first-order valence-corrected chi connectivity index (χ1v) is 7.20. The van der Waals surface area contributed by atoms with Crippen LogP contribution in [0.25, 0.3) is 0 Å². The van der Waals surface area contributed by atoms with Gasteiger partial charge in [-0.25, -0.2) is 0 Å². The van der Waals surface area contributed by atoms with E-state index in [2.05, 4.69) is 55.9 Å². The first-order chi connectivity index (χ1) is 8.99. The predicted molar refractivity (Wildman–Crippen MR) is 81.4 cm³/mol. The van der Waals surface area contributed by atoms with E-state index < -0.39 is 0 Å². The second-order valence-electron chi connectivity index (χ2n) is 6.05.